The van der Waals surface area contributed by atoms with Crippen LogP contribution >= 0.6 is 11.3 Å². The second kappa shape index (κ2) is 9.28. The number of benzene rings is 2. The van der Waals surface area contributed by atoms with E-state index in [1.54, 1.807) is 12.1 Å². The zero-order valence-corrected chi connectivity index (χ0v) is 16.7. The molecule has 28 heavy (non-hydrogen) atoms. The Morgan fingerprint density at radius 1 is 1.07 bits per heavy atom. The number of thiazole rings is 1. The maximum Gasteiger partial charge on any atom is 0.312 e. The van der Waals surface area contributed by atoms with Gasteiger partial charge < -0.3 is 10.1 Å². The molecule has 5 nitrogen and oxygen atoms in total. The lowest BCUT2D eigenvalue weighted by Gasteiger charge is -2.06. The molecule has 144 valence electrons. The Labute approximate surface area is 168 Å². The van der Waals surface area contributed by atoms with E-state index >= 15 is 0 Å². The van der Waals surface area contributed by atoms with Crippen LogP contribution in [0.1, 0.15) is 31.0 Å². The number of hydrogen-bond acceptors (Lipinski definition) is 5. The van der Waals surface area contributed by atoms with Crippen molar-refractivity contribution in [2.24, 2.45) is 0 Å². The van der Waals surface area contributed by atoms with Crippen LogP contribution in [0.2, 0.25) is 0 Å². The Morgan fingerprint density at radius 3 is 2.46 bits per heavy atom. The van der Waals surface area contributed by atoms with Gasteiger partial charge in [-0.05, 0) is 23.6 Å². The van der Waals surface area contributed by atoms with Crippen molar-refractivity contribution >= 4 is 28.9 Å². The molecule has 0 spiro atoms. The molecule has 0 aliphatic carbocycles. The van der Waals surface area contributed by atoms with Crippen molar-refractivity contribution in [3.63, 3.8) is 0 Å². The van der Waals surface area contributed by atoms with Crippen LogP contribution in [0.5, 0.6) is 0 Å². The predicted molar refractivity (Wildman–Crippen MR) is 111 cm³/mol. The lowest BCUT2D eigenvalue weighted by molar-refractivity contribution is -0.146. The Morgan fingerprint density at radius 2 is 1.79 bits per heavy atom. The van der Waals surface area contributed by atoms with Gasteiger partial charge in [0.25, 0.3) is 5.91 Å². The van der Waals surface area contributed by atoms with Crippen molar-refractivity contribution in [1.29, 1.82) is 0 Å². The molecule has 1 amide bonds. The highest BCUT2D eigenvalue weighted by molar-refractivity contribution is 7.13. The molecule has 1 N–H and O–H groups in total. The summed E-state index contributed by atoms with van der Waals surface area (Å²) < 4.78 is 5.05. The van der Waals surface area contributed by atoms with Crippen LogP contribution in [0, 0.1) is 0 Å². The maximum absolute atomic E-state index is 12.0. The molecule has 0 unspecified atom stereocenters. The molecular weight excluding hydrogens is 372 g/mol. The second-order valence-electron chi connectivity index (χ2n) is 6.67. The topological polar surface area (TPSA) is 68.3 Å². The fourth-order valence-corrected chi connectivity index (χ4v) is 3.42. The summed E-state index contributed by atoms with van der Waals surface area (Å²) in [6.45, 7) is 3.99. The van der Waals surface area contributed by atoms with Crippen LogP contribution in [0.15, 0.2) is 60.0 Å². The highest BCUT2D eigenvalue weighted by Crippen LogP contribution is 2.26. The van der Waals surface area contributed by atoms with E-state index in [0.717, 1.165) is 10.6 Å². The highest BCUT2D eigenvalue weighted by atomic mass is 32.1. The summed E-state index contributed by atoms with van der Waals surface area (Å²) in [4.78, 5) is 28.3. The van der Waals surface area contributed by atoms with Crippen molar-refractivity contribution in [2.75, 3.05) is 11.9 Å². The number of amides is 1. The van der Waals surface area contributed by atoms with Gasteiger partial charge in [-0.15, -0.1) is 11.3 Å². The molecule has 0 radical (unpaired) electrons. The van der Waals surface area contributed by atoms with E-state index < -0.39 is 5.97 Å². The van der Waals surface area contributed by atoms with Gasteiger partial charge in [-0.1, -0.05) is 56.3 Å². The average molecular weight is 394 g/mol. The lowest BCUT2D eigenvalue weighted by Crippen LogP contribution is -2.21. The molecule has 0 aliphatic rings. The quantitative estimate of drug-likeness (QED) is 0.592. The van der Waals surface area contributed by atoms with E-state index in [4.69, 9.17) is 4.74 Å². The zero-order chi connectivity index (χ0) is 19.9. The van der Waals surface area contributed by atoms with Gasteiger partial charge in [-0.2, -0.15) is 0 Å². The number of carbonyl (C=O) groups is 2. The summed E-state index contributed by atoms with van der Waals surface area (Å²) in [7, 11) is 0. The Bertz CT molecular complexity index is 934. The van der Waals surface area contributed by atoms with Crippen molar-refractivity contribution in [2.45, 2.75) is 26.2 Å². The van der Waals surface area contributed by atoms with Crippen LogP contribution in [0.4, 0.5) is 5.69 Å². The first-order valence-corrected chi connectivity index (χ1v) is 9.94. The molecule has 3 aromatic rings. The minimum absolute atomic E-state index is 0.0409. The normalized spacial score (nSPS) is 10.7. The molecule has 0 atom stereocenters. The monoisotopic (exact) mass is 394 g/mol. The van der Waals surface area contributed by atoms with Crippen LogP contribution in [0.3, 0.4) is 0 Å². The van der Waals surface area contributed by atoms with Crippen molar-refractivity contribution in [3.05, 3.63) is 71.2 Å². The summed E-state index contributed by atoms with van der Waals surface area (Å²) in [5, 5.41) is 5.37. The Kier molecular flexibility index (Phi) is 6.55. The van der Waals surface area contributed by atoms with E-state index in [-0.39, 0.29) is 18.9 Å². The van der Waals surface area contributed by atoms with Crippen LogP contribution in [-0.4, -0.2) is 23.5 Å². The number of anilines is 1. The summed E-state index contributed by atoms with van der Waals surface area (Å²) >= 11 is 1.49. The second-order valence-corrected chi connectivity index (χ2v) is 7.53. The molecule has 0 bridgehead atoms. The molecule has 0 saturated carbocycles. The highest BCUT2D eigenvalue weighted by Gasteiger charge is 2.12. The first-order valence-electron chi connectivity index (χ1n) is 9.06. The molecule has 0 saturated heterocycles. The average Bonchev–Trinajstić information content (AvgIpc) is 3.15. The predicted octanol–water partition coefficient (Wildman–Crippen LogP) is 4.66. The molecule has 0 fully saturated rings. The Balaban J connectivity index is 1.50. The summed E-state index contributed by atoms with van der Waals surface area (Å²) in [6, 6.07) is 17.3. The number of carbonyl (C=O) groups excluding carboxylic acids is 2. The SMILES string of the molecule is CC(C)c1ccc(-c2nc(CC(=O)OCC(=O)Nc3ccccc3)cs2)cc1. The third-order valence-electron chi connectivity index (χ3n) is 4.12. The van der Waals surface area contributed by atoms with E-state index in [1.807, 2.05) is 35.7 Å². The maximum atomic E-state index is 12.0. The van der Waals surface area contributed by atoms with E-state index in [0.29, 0.717) is 17.3 Å². The summed E-state index contributed by atoms with van der Waals surface area (Å²) in [5.41, 5.74) is 3.60. The molecule has 1 heterocycles. The number of hydrogen-bond donors (Lipinski definition) is 1. The fourth-order valence-electron chi connectivity index (χ4n) is 2.59. The van der Waals surface area contributed by atoms with Crippen LogP contribution in [0.25, 0.3) is 10.6 Å². The van der Waals surface area contributed by atoms with Gasteiger partial charge in [-0.3, -0.25) is 9.59 Å². The zero-order valence-electron chi connectivity index (χ0n) is 15.8. The number of para-hydroxylation sites is 1. The number of esters is 1. The third kappa shape index (κ3) is 5.50. The third-order valence-corrected chi connectivity index (χ3v) is 5.06. The molecule has 6 heteroatoms. The van der Waals surface area contributed by atoms with Crippen LogP contribution in [-0.2, 0) is 20.7 Å². The minimum Gasteiger partial charge on any atom is -0.455 e. The van der Waals surface area contributed by atoms with Crippen LogP contribution < -0.4 is 5.32 Å². The molecule has 1 aromatic heterocycles. The van der Waals surface area contributed by atoms with Crippen molar-refractivity contribution < 1.29 is 14.3 Å². The number of ether oxygens (including phenoxy) is 1. The van der Waals surface area contributed by atoms with Crippen molar-refractivity contribution in [1.82, 2.24) is 4.98 Å². The number of nitrogens with zero attached hydrogens (tertiary/aromatic N) is 1. The van der Waals surface area contributed by atoms with E-state index in [9.17, 15) is 9.59 Å². The number of aromatic nitrogens is 1. The van der Waals surface area contributed by atoms with Gasteiger partial charge >= 0.3 is 5.97 Å². The van der Waals surface area contributed by atoms with E-state index in [1.165, 1.54) is 16.9 Å². The largest absolute Gasteiger partial charge is 0.455 e. The molecule has 3 rings (SSSR count). The van der Waals surface area contributed by atoms with Gasteiger partial charge in [-0.25, -0.2) is 4.98 Å². The summed E-state index contributed by atoms with van der Waals surface area (Å²) in [5.74, 6) is -0.367. The minimum atomic E-state index is -0.477. The standard InChI is InChI=1S/C22H22N2O3S/c1-15(2)16-8-10-17(11-9-16)22-24-19(14-28-22)12-21(26)27-13-20(25)23-18-6-4-3-5-7-18/h3-11,14-15H,12-13H2,1-2H3,(H,23,25). The smallest absolute Gasteiger partial charge is 0.312 e. The Hall–Kier alpha value is -2.99. The fraction of sp³-hybridized carbons (Fsp3) is 0.227. The van der Waals surface area contributed by atoms with Gasteiger partial charge in [0, 0.05) is 16.6 Å². The number of rotatable bonds is 7. The lowest BCUT2D eigenvalue weighted by atomic mass is 10.0. The molecule has 2 aromatic carbocycles. The first kappa shape index (κ1) is 19.8. The van der Waals surface area contributed by atoms with E-state index in [2.05, 4.69) is 36.3 Å². The molecule has 0 aliphatic heterocycles. The van der Waals surface area contributed by atoms with Gasteiger partial charge in [0.15, 0.2) is 6.61 Å². The van der Waals surface area contributed by atoms with Crippen molar-refractivity contribution in [3.8, 4) is 10.6 Å². The first-order chi connectivity index (χ1) is 13.5. The van der Waals surface area contributed by atoms with Gasteiger partial charge in [0.05, 0.1) is 12.1 Å². The molecular formula is C22H22N2O3S. The number of nitrogens with one attached hydrogen (secondary N) is 1. The summed E-state index contributed by atoms with van der Waals surface area (Å²) in [6.07, 6.45) is 0.0409. The van der Waals surface area contributed by atoms with Gasteiger partial charge in [0.2, 0.25) is 0 Å². The van der Waals surface area contributed by atoms with Gasteiger partial charge in [0.1, 0.15) is 5.01 Å².